The van der Waals surface area contributed by atoms with Crippen molar-refractivity contribution in [1.29, 1.82) is 0 Å². The first-order valence-electron chi connectivity index (χ1n) is 18.0. The van der Waals surface area contributed by atoms with Crippen LogP contribution in [0.1, 0.15) is 0 Å². The van der Waals surface area contributed by atoms with E-state index in [4.69, 9.17) is 5.73 Å². The number of rotatable bonds is 9. The van der Waals surface area contributed by atoms with Crippen molar-refractivity contribution < 1.29 is 49.1 Å². The number of nitrogen functional groups attached to an aromatic ring is 1. The molecule has 2 aromatic heterocycles. The quantitative estimate of drug-likeness (QED) is 0.0382. The van der Waals surface area contributed by atoms with Crippen molar-refractivity contribution in [3.8, 4) is 34.3 Å². The number of H-pyrrole nitrogens is 2. The molecule has 9 rings (SSSR count). The number of hydrogen-bond donors (Lipinski definition) is 8. The van der Waals surface area contributed by atoms with Gasteiger partial charge in [0.25, 0.3) is 30.4 Å². The molecular formula is C40H27N9O11S3. The van der Waals surface area contributed by atoms with E-state index in [1.807, 2.05) is 0 Å². The van der Waals surface area contributed by atoms with Crippen molar-refractivity contribution in [2.24, 2.45) is 20.5 Å². The van der Waals surface area contributed by atoms with E-state index in [2.05, 4.69) is 40.4 Å². The number of azo groups is 2. The summed E-state index contributed by atoms with van der Waals surface area (Å²) in [4.78, 5) is 14.1. The lowest BCUT2D eigenvalue weighted by atomic mass is 10.1. The molecule has 0 unspecified atom stereocenters. The number of benzene rings is 7. The van der Waals surface area contributed by atoms with Crippen LogP contribution in [0, 0.1) is 0 Å². The maximum Gasteiger partial charge on any atom is 0.294 e. The highest BCUT2D eigenvalue weighted by molar-refractivity contribution is 7.86. The summed E-state index contributed by atoms with van der Waals surface area (Å²) >= 11 is 0. The van der Waals surface area contributed by atoms with Crippen molar-refractivity contribution in [3.63, 3.8) is 0 Å². The van der Waals surface area contributed by atoms with Crippen LogP contribution >= 0.6 is 0 Å². The Morgan fingerprint density at radius 2 is 0.921 bits per heavy atom. The molecule has 0 saturated carbocycles. The predicted octanol–water partition coefficient (Wildman–Crippen LogP) is 8.64. The summed E-state index contributed by atoms with van der Waals surface area (Å²) in [6.45, 7) is 0. The van der Waals surface area contributed by atoms with Gasteiger partial charge in [-0.15, -0.1) is 10.2 Å². The summed E-state index contributed by atoms with van der Waals surface area (Å²) in [5.41, 5.74) is 8.05. The molecule has 63 heavy (non-hydrogen) atoms. The Morgan fingerprint density at radius 3 is 1.40 bits per heavy atom. The van der Waals surface area contributed by atoms with Gasteiger partial charge in [0, 0.05) is 38.4 Å². The number of hydrogen-bond acceptors (Lipinski definition) is 15. The SMILES string of the molecule is Nc1cccc(-c2nc3c([nH]2)c(O)c(N=Nc2cccc(-c4nc5c([nH]4)c(O)c(N=Nc4ccc(S(=O)(=O)O)cc4)c4cc(S(=O)(=O)O)ccc45)c2)c2cc(S(=O)(=O)O)ccc23)c1. The fourth-order valence-electron chi connectivity index (χ4n) is 6.92. The van der Waals surface area contributed by atoms with Crippen molar-refractivity contribution >= 4 is 102 Å². The number of aromatic nitrogens is 4. The van der Waals surface area contributed by atoms with Gasteiger partial charge in [0.2, 0.25) is 0 Å². The second kappa shape index (κ2) is 14.8. The maximum atomic E-state index is 12.2. The highest BCUT2D eigenvalue weighted by atomic mass is 32.2. The number of imidazole rings is 2. The number of nitrogens with zero attached hydrogens (tertiary/aromatic N) is 6. The summed E-state index contributed by atoms with van der Waals surface area (Å²) in [5, 5.41) is 40.8. The zero-order chi connectivity index (χ0) is 44.6. The number of anilines is 1. The molecule has 0 aliphatic carbocycles. The third kappa shape index (κ3) is 7.56. The Kier molecular flexibility index (Phi) is 9.54. The van der Waals surface area contributed by atoms with Gasteiger partial charge in [-0.1, -0.05) is 36.4 Å². The molecule has 0 aliphatic rings. The molecule has 0 aliphatic heterocycles. The average Bonchev–Trinajstić information content (AvgIpc) is 3.90. The van der Waals surface area contributed by atoms with Gasteiger partial charge in [0.1, 0.15) is 45.1 Å². The van der Waals surface area contributed by atoms with Crippen molar-refractivity contribution in [2.45, 2.75) is 14.7 Å². The van der Waals surface area contributed by atoms with E-state index in [1.165, 1.54) is 30.3 Å². The Labute approximate surface area is 354 Å². The molecule has 0 atom stereocenters. The minimum absolute atomic E-state index is 0.0208. The highest BCUT2D eigenvalue weighted by Gasteiger charge is 2.23. The lowest BCUT2D eigenvalue weighted by Crippen LogP contribution is -1.97. The van der Waals surface area contributed by atoms with Crippen LogP contribution in [0.3, 0.4) is 0 Å². The molecule has 0 amide bonds. The number of fused-ring (bicyclic) bond motifs is 6. The number of aromatic hydroxyl groups is 2. The second-order valence-corrected chi connectivity index (χ2v) is 18.2. The molecule has 23 heteroatoms. The number of phenolic OH excluding ortho intramolecular Hbond substituents is 2. The van der Waals surface area contributed by atoms with Crippen LogP contribution in [0.5, 0.6) is 11.5 Å². The summed E-state index contributed by atoms with van der Waals surface area (Å²) in [6.07, 6.45) is 0. The average molecular weight is 906 g/mol. The van der Waals surface area contributed by atoms with Gasteiger partial charge in [-0.2, -0.15) is 35.5 Å². The topological polar surface area (TPSA) is 336 Å². The molecular weight excluding hydrogens is 879 g/mol. The van der Waals surface area contributed by atoms with E-state index >= 15 is 0 Å². The van der Waals surface area contributed by atoms with E-state index in [0.29, 0.717) is 28.0 Å². The van der Waals surface area contributed by atoms with Gasteiger partial charge in [0.05, 0.1) is 26.1 Å². The van der Waals surface area contributed by atoms with Crippen LogP contribution < -0.4 is 5.73 Å². The predicted molar refractivity (Wildman–Crippen MR) is 230 cm³/mol. The van der Waals surface area contributed by atoms with Crippen LogP contribution in [0.15, 0.2) is 144 Å². The smallest absolute Gasteiger partial charge is 0.294 e. The minimum atomic E-state index is -4.72. The Morgan fingerprint density at radius 1 is 0.476 bits per heavy atom. The standard InChI is InChI=1S/C40H27N9O11S3/c41-21-5-1-3-19(15-21)39-42-31-28-14-12-26(63(58,59)60)18-30(28)34(38(51)35(31)44-39)49-47-23-6-2-4-20(16-23)40-43-32-27-13-11-25(62(55,56)57)17-29(27)33(37(50)36(32)45-40)48-46-22-7-9-24(10-8-22)61(52,53)54/h1-18,50-51H,41H2,(H,42,44)(H,43,45)(H,52,53,54)(H,55,56,57)(H,58,59,60). The fourth-order valence-corrected chi connectivity index (χ4v) is 8.41. The monoisotopic (exact) mass is 905 g/mol. The summed E-state index contributed by atoms with van der Waals surface area (Å²) in [7, 11) is -13.9. The van der Waals surface area contributed by atoms with Gasteiger partial charge in [0.15, 0.2) is 11.5 Å². The highest BCUT2D eigenvalue weighted by Crippen LogP contribution is 2.46. The fraction of sp³-hybridized carbons (Fsp3) is 0. The van der Waals surface area contributed by atoms with Crippen molar-refractivity contribution in [3.05, 3.63) is 109 Å². The van der Waals surface area contributed by atoms with Gasteiger partial charge < -0.3 is 25.9 Å². The van der Waals surface area contributed by atoms with Crippen molar-refractivity contribution in [1.82, 2.24) is 19.9 Å². The first-order valence-corrected chi connectivity index (χ1v) is 22.3. The van der Waals surface area contributed by atoms with Gasteiger partial charge in [-0.25, -0.2) is 9.97 Å². The Bertz CT molecular complexity index is 3810. The summed E-state index contributed by atoms with van der Waals surface area (Å²) in [6, 6.07) is 25.2. The third-order valence-corrected chi connectivity index (χ3v) is 12.4. The normalized spacial score (nSPS) is 12.8. The number of nitrogens with two attached hydrogens (primary N) is 1. The number of phenols is 2. The van der Waals surface area contributed by atoms with Crippen LogP contribution in [0.4, 0.5) is 28.4 Å². The third-order valence-electron chi connectivity index (χ3n) is 9.87. The van der Waals surface area contributed by atoms with Crippen LogP contribution in [0.25, 0.3) is 66.4 Å². The molecule has 2 heterocycles. The maximum absolute atomic E-state index is 12.2. The van der Waals surface area contributed by atoms with Gasteiger partial charge in [-0.3, -0.25) is 13.7 Å². The first kappa shape index (κ1) is 40.7. The van der Waals surface area contributed by atoms with Crippen LogP contribution in [0.2, 0.25) is 0 Å². The lowest BCUT2D eigenvalue weighted by Gasteiger charge is -2.08. The molecule has 0 bridgehead atoms. The molecule has 0 fully saturated rings. The first-order chi connectivity index (χ1) is 29.8. The number of nitrogens with one attached hydrogen (secondary N) is 2. The van der Waals surface area contributed by atoms with Gasteiger partial charge in [-0.05, 0) is 72.8 Å². The second-order valence-electron chi connectivity index (χ2n) is 13.9. The summed E-state index contributed by atoms with van der Waals surface area (Å²) < 4.78 is 101. The molecule has 9 N–H and O–H groups in total. The molecule has 9 aromatic rings. The molecule has 0 spiro atoms. The lowest BCUT2D eigenvalue weighted by molar-refractivity contribution is 0.480. The largest absolute Gasteiger partial charge is 0.504 e. The van der Waals surface area contributed by atoms with Crippen LogP contribution in [-0.4, -0.2) is 69.1 Å². The van der Waals surface area contributed by atoms with E-state index in [0.717, 1.165) is 30.3 Å². The molecule has 0 saturated heterocycles. The zero-order valence-electron chi connectivity index (χ0n) is 31.6. The van der Waals surface area contributed by atoms with Crippen LogP contribution in [-0.2, 0) is 30.4 Å². The van der Waals surface area contributed by atoms with E-state index in [1.54, 1.807) is 48.5 Å². The van der Waals surface area contributed by atoms with Crippen molar-refractivity contribution in [2.75, 3.05) is 5.73 Å². The Balaban J connectivity index is 1.15. The Hall–Kier alpha value is -7.67. The summed E-state index contributed by atoms with van der Waals surface area (Å²) in [5.74, 6) is -0.405. The zero-order valence-corrected chi connectivity index (χ0v) is 34.0. The van der Waals surface area contributed by atoms with E-state index < -0.39 is 56.5 Å². The minimum Gasteiger partial charge on any atom is -0.504 e. The van der Waals surface area contributed by atoms with E-state index in [-0.39, 0.29) is 66.8 Å². The number of aromatic amines is 2. The van der Waals surface area contributed by atoms with E-state index in [9.17, 15) is 49.1 Å². The molecule has 7 aromatic carbocycles. The molecule has 0 radical (unpaired) electrons. The van der Waals surface area contributed by atoms with Gasteiger partial charge >= 0.3 is 0 Å². The molecule has 316 valence electrons. The molecule has 20 nitrogen and oxygen atoms in total.